The molecule has 0 aromatic heterocycles. The standard InChI is InChI=1S/C17H22/c1-12-9-10-17(15(4)14(12)3)11-13(2)16-7-5-6-8-16/h5-7,9-10,13H,8,11H2,1-4H3. The fraction of sp³-hybridized carbons (Fsp3) is 0.412. The lowest BCUT2D eigenvalue weighted by molar-refractivity contribution is 0.663. The first-order valence-electron chi connectivity index (χ1n) is 6.51. The van der Waals surface area contributed by atoms with Crippen molar-refractivity contribution in [2.75, 3.05) is 0 Å². The van der Waals surface area contributed by atoms with E-state index in [1.807, 2.05) is 0 Å². The van der Waals surface area contributed by atoms with Gasteiger partial charge in [0.05, 0.1) is 0 Å². The average Bonchev–Trinajstić information content (AvgIpc) is 2.83. The molecule has 2 rings (SSSR count). The first kappa shape index (κ1) is 12.2. The topological polar surface area (TPSA) is 0 Å². The predicted molar refractivity (Wildman–Crippen MR) is 75.4 cm³/mol. The van der Waals surface area contributed by atoms with Gasteiger partial charge in [0.1, 0.15) is 0 Å². The van der Waals surface area contributed by atoms with Gasteiger partial charge in [-0.25, -0.2) is 0 Å². The number of aryl methyl sites for hydroxylation is 1. The molecule has 0 amide bonds. The Morgan fingerprint density at radius 1 is 1.12 bits per heavy atom. The maximum absolute atomic E-state index is 2.34. The highest BCUT2D eigenvalue weighted by molar-refractivity contribution is 5.39. The summed E-state index contributed by atoms with van der Waals surface area (Å²) in [4.78, 5) is 0. The Hall–Kier alpha value is -1.30. The van der Waals surface area contributed by atoms with Gasteiger partial charge < -0.3 is 0 Å². The largest absolute Gasteiger partial charge is 0.0805 e. The smallest absolute Gasteiger partial charge is 0.0130 e. The van der Waals surface area contributed by atoms with E-state index in [0.717, 1.165) is 6.42 Å². The van der Waals surface area contributed by atoms with E-state index in [-0.39, 0.29) is 0 Å². The Balaban J connectivity index is 2.16. The number of hydrogen-bond acceptors (Lipinski definition) is 0. The summed E-state index contributed by atoms with van der Waals surface area (Å²) < 4.78 is 0. The molecule has 0 heteroatoms. The van der Waals surface area contributed by atoms with Crippen molar-refractivity contribution >= 4 is 0 Å². The summed E-state index contributed by atoms with van der Waals surface area (Å²) in [7, 11) is 0. The van der Waals surface area contributed by atoms with E-state index in [1.54, 1.807) is 5.57 Å². The van der Waals surface area contributed by atoms with Gasteiger partial charge in [-0.1, -0.05) is 42.9 Å². The second-order valence-corrected chi connectivity index (χ2v) is 5.27. The van der Waals surface area contributed by atoms with Gasteiger partial charge in [0.25, 0.3) is 0 Å². The normalized spacial score (nSPS) is 16.1. The Morgan fingerprint density at radius 3 is 2.53 bits per heavy atom. The molecule has 1 aromatic carbocycles. The van der Waals surface area contributed by atoms with Crippen LogP contribution in [0.4, 0.5) is 0 Å². The zero-order chi connectivity index (χ0) is 12.4. The van der Waals surface area contributed by atoms with Crippen LogP contribution in [0.3, 0.4) is 0 Å². The van der Waals surface area contributed by atoms with Crippen molar-refractivity contribution in [2.24, 2.45) is 5.92 Å². The minimum absolute atomic E-state index is 0.658. The molecule has 1 aromatic rings. The summed E-state index contributed by atoms with van der Waals surface area (Å²) in [5, 5.41) is 0. The van der Waals surface area contributed by atoms with Gasteiger partial charge in [-0.3, -0.25) is 0 Å². The lowest BCUT2D eigenvalue weighted by atomic mass is 9.88. The van der Waals surface area contributed by atoms with Gasteiger partial charge in [0.2, 0.25) is 0 Å². The molecule has 0 N–H and O–H groups in total. The van der Waals surface area contributed by atoms with Crippen molar-refractivity contribution in [3.63, 3.8) is 0 Å². The number of allylic oxidation sites excluding steroid dienone is 4. The van der Waals surface area contributed by atoms with Gasteiger partial charge >= 0.3 is 0 Å². The van der Waals surface area contributed by atoms with Crippen LogP contribution < -0.4 is 0 Å². The van der Waals surface area contributed by atoms with Crippen molar-refractivity contribution in [2.45, 2.75) is 40.5 Å². The van der Waals surface area contributed by atoms with E-state index in [0.29, 0.717) is 5.92 Å². The van der Waals surface area contributed by atoms with Crippen LogP contribution in [-0.2, 0) is 6.42 Å². The molecular formula is C17H22. The maximum atomic E-state index is 2.34. The lowest BCUT2D eigenvalue weighted by Gasteiger charge is -2.17. The van der Waals surface area contributed by atoms with Crippen molar-refractivity contribution in [3.05, 3.63) is 58.2 Å². The number of hydrogen-bond donors (Lipinski definition) is 0. The Morgan fingerprint density at radius 2 is 1.88 bits per heavy atom. The molecule has 0 nitrogen and oxygen atoms in total. The van der Waals surface area contributed by atoms with Gasteiger partial charge in [-0.05, 0) is 61.8 Å². The van der Waals surface area contributed by atoms with Crippen molar-refractivity contribution < 1.29 is 0 Å². The van der Waals surface area contributed by atoms with Gasteiger partial charge in [0, 0.05) is 0 Å². The molecule has 1 aliphatic carbocycles. The molecule has 90 valence electrons. The Labute approximate surface area is 105 Å². The maximum Gasteiger partial charge on any atom is -0.0130 e. The zero-order valence-corrected chi connectivity index (χ0v) is 11.4. The zero-order valence-electron chi connectivity index (χ0n) is 11.4. The van der Waals surface area contributed by atoms with E-state index in [1.165, 1.54) is 28.7 Å². The Bertz CT molecular complexity index is 475. The molecule has 0 saturated carbocycles. The molecule has 1 aliphatic rings. The van der Waals surface area contributed by atoms with Crippen LogP contribution in [0.2, 0.25) is 0 Å². The van der Waals surface area contributed by atoms with Gasteiger partial charge in [-0.2, -0.15) is 0 Å². The molecule has 0 bridgehead atoms. The van der Waals surface area contributed by atoms with E-state index in [4.69, 9.17) is 0 Å². The van der Waals surface area contributed by atoms with Crippen molar-refractivity contribution in [3.8, 4) is 0 Å². The summed E-state index contributed by atoms with van der Waals surface area (Å²) in [6.07, 6.45) is 9.02. The molecule has 0 saturated heterocycles. The minimum atomic E-state index is 0.658. The average molecular weight is 226 g/mol. The summed E-state index contributed by atoms with van der Waals surface area (Å²) in [5.74, 6) is 0.658. The Kier molecular flexibility index (Phi) is 3.51. The number of rotatable bonds is 3. The van der Waals surface area contributed by atoms with E-state index in [2.05, 4.69) is 58.1 Å². The van der Waals surface area contributed by atoms with Crippen LogP contribution in [0.5, 0.6) is 0 Å². The summed E-state index contributed by atoms with van der Waals surface area (Å²) in [5.41, 5.74) is 7.41. The van der Waals surface area contributed by atoms with Crippen LogP contribution in [-0.4, -0.2) is 0 Å². The fourth-order valence-electron chi connectivity index (χ4n) is 2.52. The van der Waals surface area contributed by atoms with Gasteiger partial charge in [-0.15, -0.1) is 0 Å². The van der Waals surface area contributed by atoms with Crippen LogP contribution in [0, 0.1) is 26.7 Å². The highest BCUT2D eigenvalue weighted by Gasteiger charge is 2.12. The van der Waals surface area contributed by atoms with E-state index in [9.17, 15) is 0 Å². The van der Waals surface area contributed by atoms with Crippen molar-refractivity contribution in [1.82, 2.24) is 0 Å². The molecule has 1 atom stereocenters. The second-order valence-electron chi connectivity index (χ2n) is 5.27. The number of benzene rings is 1. The van der Waals surface area contributed by atoms with Crippen molar-refractivity contribution in [1.29, 1.82) is 0 Å². The predicted octanol–water partition coefficient (Wildman–Crippen LogP) is 4.68. The molecule has 0 spiro atoms. The third kappa shape index (κ3) is 2.52. The summed E-state index contributed by atoms with van der Waals surface area (Å²) in [6, 6.07) is 4.56. The lowest BCUT2D eigenvalue weighted by Crippen LogP contribution is -2.05. The minimum Gasteiger partial charge on any atom is -0.0805 e. The molecule has 0 radical (unpaired) electrons. The SMILES string of the molecule is Cc1ccc(CC(C)C2=CC=CC2)c(C)c1C. The molecular weight excluding hydrogens is 204 g/mol. The van der Waals surface area contributed by atoms with Gasteiger partial charge in [0.15, 0.2) is 0 Å². The van der Waals surface area contributed by atoms with E-state index < -0.39 is 0 Å². The fourth-order valence-corrected chi connectivity index (χ4v) is 2.52. The van der Waals surface area contributed by atoms with Crippen LogP contribution in [0.15, 0.2) is 35.9 Å². The summed E-state index contributed by atoms with van der Waals surface area (Å²) >= 11 is 0. The first-order chi connectivity index (χ1) is 8.09. The van der Waals surface area contributed by atoms with Crippen LogP contribution in [0.1, 0.15) is 35.6 Å². The highest BCUT2D eigenvalue weighted by Crippen LogP contribution is 2.26. The second kappa shape index (κ2) is 4.91. The van der Waals surface area contributed by atoms with E-state index >= 15 is 0 Å². The monoisotopic (exact) mass is 226 g/mol. The third-order valence-corrected chi connectivity index (χ3v) is 4.13. The molecule has 0 heterocycles. The molecule has 1 unspecified atom stereocenters. The first-order valence-corrected chi connectivity index (χ1v) is 6.51. The molecule has 17 heavy (non-hydrogen) atoms. The van der Waals surface area contributed by atoms with Crippen LogP contribution >= 0.6 is 0 Å². The highest BCUT2D eigenvalue weighted by atomic mass is 14.2. The van der Waals surface area contributed by atoms with Crippen LogP contribution in [0.25, 0.3) is 0 Å². The third-order valence-electron chi connectivity index (χ3n) is 4.13. The summed E-state index contributed by atoms with van der Waals surface area (Å²) in [6.45, 7) is 9.02. The quantitative estimate of drug-likeness (QED) is 0.702. The molecule has 0 fully saturated rings. The molecule has 0 aliphatic heterocycles.